The summed E-state index contributed by atoms with van der Waals surface area (Å²) in [6.45, 7) is 5.96. The second kappa shape index (κ2) is 12.7. The van der Waals surface area contributed by atoms with Crippen LogP contribution >= 0.6 is 0 Å². The Morgan fingerprint density at radius 3 is 1.07 bits per heavy atom. The SMILES string of the molecule is C1=NCCN1.C1=NCCN1.C1=NCCN1.[B]c1c(F)c(F)c(F)c(F)c1F. The summed E-state index contributed by atoms with van der Waals surface area (Å²) in [4.78, 5) is 11.5. The third-order valence-electron chi connectivity index (χ3n) is 2.95. The molecule has 0 saturated carbocycles. The molecular weight excluding hydrogens is 370 g/mol. The van der Waals surface area contributed by atoms with Gasteiger partial charge in [-0.15, -0.1) is 0 Å². The van der Waals surface area contributed by atoms with Crippen molar-refractivity contribution in [3.05, 3.63) is 29.1 Å². The van der Waals surface area contributed by atoms with Crippen molar-refractivity contribution in [1.29, 1.82) is 0 Å². The van der Waals surface area contributed by atoms with Gasteiger partial charge < -0.3 is 16.0 Å². The standard InChI is InChI=1S/C6BF5.3C3H6N2/c7-1-2(8)4(10)6(12)5(11)3(1)9;3*1-2-5-3-4-1/h;3*3H,1-2H2,(H,4,5). The van der Waals surface area contributed by atoms with Crippen molar-refractivity contribution in [2.75, 3.05) is 39.3 Å². The van der Waals surface area contributed by atoms with E-state index >= 15 is 0 Å². The number of aliphatic imine (C=N–C) groups is 3. The zero-order valence-electron chi connectivity index (χ0n) is 14.3. The number of halogens is 5. The van der Waals surface area contributed by atoms with Crippen LogP contribution in [0.15, 0.2) is 15.0 Å². The van der Waals surface area contributed by atoms with Crippen molar-refractivity contribution in [1.82, 2.24) is 16.0 Å². The van der Waals surface area contributed by atoms with E-state index in [-0.39, 0.29) is 0 Å². The second-order valence-electron chi connectivity index (χ2n) is 4.95. The van der Waals surface area contributed by atoms with Gasteiger partial charge in [0.05, 0.1) is 38.6 Å². The van der Waals surface area contributed by atoms with Crippen LogP contribution in [0.3, 0.4) is 0 Å². The monoisotopic (exact) mass is 388 g/mol. The predicted molar refractivity (Wildman–Crippen MR) is 95.7 cm³/mol. The molecule has 0 aromatic heterocycles. The van der Waals surface area contributed by atoms with Crippen molar-refractivity contribution >= 4 is 32.3 Å². The van der Waals surface area contributed by atoms with Crippen LogP contribution < -0.4 is 21.4 Å². The molecule has 3 aliphatic rings. The summed E-state index contributed by atoms with van der Waals surface area (Å²) in [5.41, 5.74) is -1.37. The highest BCUT2D eigenvalue weighted by atomic mass is 19.2. The van der Waals surface area contributed by atoms with E-state index in [9.17, 15) is 22.0 Å². The lowest BCUT2D eigenvalue weighted by Gasteiger charge is -2.02. The van der Waals surface area contributed by atoms with E-state index in [1.54, 1.807) is 19.0 Å². The molecular formula is C15H18BF5N6. The van der Waals surface area contributed by atoms with Gasteiger partial charge in [-0.1, -0.05) is 0 Å². The number of benzene rings is 1. The zero-order valence-corrected chi connectivity index (χ0v) is 14.3. The van der Waals surface area contributed by atoms with Crippen LogP contribution in [0.5, 0.6) is 0 Å². The molecule has 3 N–H and O–H groups in total. The minimum absolute atomic E-state index is 0.958. The summed E-state index contributed by atoms with van der Waals surface area (Å²) in [6.07, 6.45) is 5.21. The van der Waals surface area contributed by atoms with Crippen molar-refractivity contribution in [3.8, 4) is 0 Å². The molecule has 0 bridgehead atoms. The number of rotatable bonds is 0. The summed E-state index contributed by atoms with van der Waals surface area (Å²) in [5, 5.41) is 8.79. The van der Waals surface area contributed by atoms with Crippen molar-refractivity contribution in [3.63, 3.8) is 0 Å². The smallest absolute Gasteiger partial charge is 0.200 e. The Labute approximate surface area is 154 Å². The van der Waals surface area contributed by atoms with E-state index in [4.69, 9.17) is 0 Å². The Kier molecular flexibility index (Phi) is 10.5. The van der Waals surface area contributed by atoms with Crippen LogP contribution in [0.1, 0.15) is 0 Å². The van der Waals surface area contributed by atoms with E-state index in [0.717, 1.165) is 39.3 Å². The molecule has 146 valence electrons. The fourth-order valence-corrected chi connectivity index (χ4v) is 1.59. The fraction of sp³-hybridized carbons (Fsp3) is 0.400. The first kappa shape index (κ1) is 22.4. The second-order valence-corrected chi connectivity index (χ2v) is 4.95. The highest BCUT2D eigenvalue weighted by Crippen LogP contribution is 2.14. The minimum Gasteiger partial charge on any atom is -0.375 e. The first-order valence-corrected chi connectivity index (χ1v) is 7.88. The van der Waals surface area contributed by atoms with E-state index in [0.29, 0.717) is 0 Å². The average Bonchev–Trinajstić information content (AvgIpc) is 3.49. The molecule has 4 rings (SSSR count). The zero-order chi connectivity index (χ0) is 20.1. The first-order chi connectivity index (χ1) is 13.0. The molecule has 0 atom stereocenters. The number of hydrogen-bond acceptors (Lipinski definition) is 6. The molecule has 0 fully saturated rings. The Hall–Kier alpha value is -2.66. The Morgan fingerprint density at radius 1 is 0.593 bits per heavy atom. The van der Waals surface area contributed by atoms with Crippen LogP contribution in [0, 0.1) is 29.1 Å². The highest BCUT2D eigenvalue weighted by Gasteiger charge is 2.22. The van der Waals surface area contributed by atoms with Crippen LogP contribution in [-0.4, -0.2) is 66.1 Å². The van der Waals surface area contributed by atoms with Gasteiger partial charge in [0.25, 0.3) is 0 Å². The molecule has 0 amide bonds. The molecule has 1 aromatic carbocycles. The van der Waals surface area contributed by atoms with Crippen LogP contribution in [0.25, 0.3) is 0 Å². The van der Waals surface area contributed by atoms with Gasteiger partial charge in [0.2, 0.25) is 0 Å². The van der Waals surface area contributed by atoms with E-state index in [1.807, 2.05) is 0 Å². The third-order valence-corrected chi connectivity index (χ3v) is 2.95. The van der Waals surface area contributed by atoms with Gasteiger partial charge in [0.1, 0.15) is 7.85 Å². The van der Waals surface area contributed by atoms with Gasteiger partial charge in [-0.2, -0.15) is 0 Å². The van der Waals surface area contributed by atoms with Crippen LogP contribution in [0.4, 0.5) is 22.0 Å². The van der Waals surface area contributed by atoms with Gasteiger partial charge >= 0.3 is 0 Å². The van der Waals surface area contributed by atoms with Crippen molar-refractivity contribution in [2.45, 2.75) is 0 Å². The maximum absolute atomic E-state index is 12.3. The lowest BCUT2D eigenvalue weighted by atomic mass is 9.94. The predicted octanol–water partition coefficient (Wildman–Crippen LogP) is 0.0296. The summed E-state index contributed by atoms with van der Waals surface area (Å²) >= 11 is 0. The van der Waals surface area contributed by atoms with Crippen LogP contribution in [-0.2, 0) is 0 Å². The molecule has 0 unspecified atom stereocenters. The molecule has 3 aliphatic heterocycles. The fourth-order valence-electron chi connectivity index (χ4n) is 1.59. The summed E-state index contributed by atoms with van der Waals surface area (Å²) in [6, 6.07) is 0. The van der Waals surface area contributed by atoms with Gasteiger partial charge in [-0.05, 0) is 5.46 Å². The molecule has 0 saturated heterocycles. The summed E-state index contributed by atoms with van der Waals surface area (Å²) in [5.74, 6) is -10.3. The molecule has 12 heteroatoms. The van der Waals surface area contributed by atoms with E-state index in [2.05, 4.69) is 38.8 Å². The molecule has 0 aliphatic carbocycles. The quantitative estimate of drug-likeness (QED) is 0.254. The molecule has 27 heavy (non-hydrogen) atoms. The lowest BCUT2D eigenvalue weighted by Crippen LogP contribution is -2.20. The molecule has 2 radical (unpaired) electrons. The van der Waals surface area contributed by atoms with E-state index < -0.39 is 34.5 Å². The molecule has 3 heterocycles. The van der Waals surface area contributed by atoms with Gasteiger partial charge in [-0.25, -0.2) is 22.0 Å². The summed E-state index contributed by atoms with van der Waals surface area (Å²) < 4.78 is 61.1. The Balaban J connectivity index is 0.000000200. The maximum Gasteiger partial charge on any atom is 0.200 e. The van der Waals surface area contributed by atoms with Crippen molar-refractivity contribution in [2.24, 2.45) is 15.0 Å². The average molecular weight is 388 g/mol. The molecule has 1 aromatic rings. The maximum atomic E-state index is 12.3. The Bertz CT molecular complexity index is 522. The first-order valence-electron chi connectivity index (χ1n) is 7.88. The number of nitrogens with one attached hydrogen (secondary N) is 3. The van der Waals surface area contributed by atoms with Gasteiger partial charge in [-0.3, -0.25) is 15.0 Å². The van der Waals surface area contributed by atoms with Crippen molar-refractivity contribution < 1.29 is 22.0 Å². The minimum atomic E-state index is -2.21. The van der Waals surface area contributed by atoms with Gasteiger partial charge in [0, 0.05) is 19.6 Å². The van der Waals surface area contributed by atoms with Gasteiger partial charge in [0.15, 0.2) is 29.1 Å². The number of nitrogens with zero attached hydrogens (tertiary/aromatic N) is 3. The summed E-state index contributed by atoms with van der Waals surface area (Å²) in [7, 11) is 4.56. The molecule has 6 nitrogen and oxygen atoms in total. The molecule has 0 spiro atoms. The largest absolute Gasteiger partial charge is 0.375 e. The number of hydrogen-bond donors (Lipinski definition) is 3. The lowest BCUT2D eigenvalue weighted by molar-refractivity contribution is 0.384. The van der Waals surface area contributed by atoms with E-state index in [1.165, 1.54) is 0 Å². The highest BCUT2D eigenvalue weighted by molar-refractivity contribution is 6.32. The topological polar surface area (TPSA) is 73.2 Å². The third kappa shape index (κ3) is 8.05. The Morgan fingerprint density at radius 2 is 0.889 bits per heavy atom. The van der Waals surface area contributed by atoms with Crippen LogP contribution in [0.2, 0.25) is 0 Å². The normalized spacial score (nSPS) is 15.3.